The molecule has 0 aromatic heterocycles. The predicted molar refractivity (Wildman–Crippen MR) is 65.7 cm³/mol. The number of urea groups is 1. The largest absolute Gasteiger partial charge is 0.481 e. The summed E-state index contributed by atoms with van der Waals surface area (Å²) in [4.78, 5) is 32.7. The fourth-order valence-electron chi connectivity index (χ4n) is 1.56. The number of rotatable bonds is 6. The molecule has 1 rings (SSSR count). The standard InChI is InChI=1S/C10H16N2O5S/c13-8(14)2-1-7(9(15)16)12-10(17)11-6-3-4-18-5-6/h6-7H,1-5H2,(H,13,14)(H,15,16)(H2,11,12,17). The van der Waals surface area contributed by atoms with Crippen molar-refractivity contribution >= 4 is 29.7 Å². The third kappa shape index (κ3) is 5.26. The van der Waals surface area contributed by atoms with E-state index in [9.17, 15) is 14.4 Å². The summed E-state index contributed by atoms with van der Waals surface area (Å²) in [5, 5.41) is 22.3. The topological polar surface area (TPSA) is 116 Å². The molecule has 0 radical (unpaired) electrons. The molecule has 102 valence electrons. The first-order valence-electron chi connectivity index (χ1n) is 5.58. The van der Waals surface area contributed by atoms with Gasteiger partial charge < -0.3 is 20.8 Å². The van der Waals surface area contributed by atoms with Crippen molar-refractivity contribution in [2.45, 2.75) is 31.3 Å². The van der Waals surface area contributed by atoms with Crippen molar-refractivity contribution < 1.29 is 24.6 Å². The number of thioether (sulfide) groups is 1. The SMILES string of the molecule is O=C(O)CCC(NC(=O)NC1CCSC1)C(=O)O. The Hall–Kier alpha value is -1.44. The highest BCUT2D eigenvalue weighted by atomic mass is 32.2. The van der Waals surface area contributed by atoms with Crippen molar-refractivity contribution in [1.29, 1.82) is 0 Å². The number of carboxylic acid groups (broad SMARTS) is 2. The van der Waals surface area contributed by atoms with Crippen LogP contribution in [0.15, 0.2) is 0 Å². The van der Waals surface area contributed by atoms with Gasteiger partial charge in [-0.3, -0.25) is 4.79 Å². The lowest BCUT2D eigenvalue weighted by Gasteiger charge is -2.16. The minimum atomic E-state index is -1.23. The van der Waals surface area contributed by atoms with E-state index in [1.807, 2.05) is 0 Å². The number of amides is 2. The quantitative estimate of drug-likeness (QED) is 0.547. The molecule has 4 N–H and O–H groups in total. The zero-order chi connectivity index (χ0) is 13.5. The van der Waals surface area contributed by atoms with Crippen LogP contribution in [0, 0.1) is 0 Å². The lowest BCUT2D eigenvalue weighted by atomic mass is 10.1. The third-order valence-electron chi connectivity index (χ3n) is 2.52. The van der Waals surface area contributed by atoms with E-state index >= 15 is 0 Å². The number of carbonyl (C=O) groups is 3. The van der Waals surface area contributed by atoms with E-state index in [1.54, 1.807) is 11.8 Å². The third-order valence-corrected chi connectivity index (χ3v) is 3.68. The van der Waals surface area contributed by atoms with Gasteiger partial charge in [0, 0.05) is 18.2 Å². The molecule has 18 heavy (non-hydrogen) atoms. The lowest BCUT2D eigenvalue weighted by Crippen LogP contribution is -2.49. The van der Waals surface area contributed by atoms with Crippen molar-refractivity contribution in [1.82, 2.24) is 10.6 Å². The Morgan fingerprint density at radius 3 is 2.56 bits per heavy atom. The molecule has 2 unspecified atom stereocenters. The molecular formula is C10H16N2O5S. The number of aliphatic carboxylic acids is 2. The van der Waals surface area contributed by atoms with Crippen LogP contribution in [0.4, 0.5) is 4.79 Å². The first-order valence-corrected chi connectivity index (χ1v) is 6.74. The number of carbonyl (C=O) groups excluding carboxylic acids is 1. The van der Waals surface area contributed by atoms with Crippen molar-refractivity contribution in [2.24, 2.45) is 0 Å². The molecule has 8 heteroatoms. The molecule has 1 aliphatic rings. The minimum Gasteiger partial charge on any atom is -0.481 e. The predicted octanol–water partition coefficient (Wildman–Crippen LogP) is 0.109. The first-order chi connectivity index (χ1) is 8.49. The lowest BCUT2D eigenvalue weighted by molar-refractivity contribution is -0.140. The van der Waals surface area contributed by atoms with Gasteiger partial charge in [-0.15, -0.1) is 0 Å². The maximum Gasteiger partial charge on any atom is 0.326 e. The minimum absolute atomic E-state index is 0.0592. The fraction of sp³-hybridized carbons (Fsp3) is 0.700. The van der Waals surface area contributed by atoms with Gasteiger partial charge in [0.1, 0.15) is 6.04 Å². The Morgan fingerprint density at radius 2 is 2.06 bits per heavy atom. The molecule has 0 saturated carbocycles. The fourth-order valence-corrected chi connectivity index (χ4v) is 2.71. The van der Waals surface area contributed by atoms with Crippen LogP contribution in [0.25, 0.3) is 0 Å². The molecule has 2 atom stereocenters. The Bertz CT molecular complexity index is 330. The Balaban J connectivity index is 2.36. The molecule has 1 heterocycles. The van der Waals surface area contributed by atoms with E-state index in [1.165, 1.54) is 0 Å². The number of nitrogens with one attached hydrogen (secondary N) is 2. The molecule has 1 fully saturated rings. The van der Waals surface area contributed by atoms with Gasteiger partial charge in [0.15, 0.2) is 0 Å². The Morgan fingerprint density at radius 1 is 1.33 bits per heavy atom. The van der Waals surface area contributed by atoms with Crippen LogP contribution in [-0.4, -0.2) is 51.8 Å². The van der Waals surface area contributed by atoms with Gasteiger partial charge in [0.2, 0.25) is 0 Å². The molecule has 1 saturated heterocycles. The zero-order valence-electron chi connectivity index (χ0n) is 9.72. The summed E-state index contributed by atoms with van der Waals surface area (Å²) in [6, 6.07) is -1.67. The summed E-state index contributed by atoms with van der Waals surface area (Å²) in [5.74, 6) is -0.519. The zero-order valence-corrected chi connectivity index (χ0v) is 10.5. The monoisotopic (exact) mass is 276 g/mol. The molecule has 0 aromatic rings. The van der Waals surface area contributed by atoms with Gasteiger partial charge in [-0.1, -0.05) is 0 Å². The summed E-state index contributed by atoms with van der Waals surface area (Å²) in [6.45, 7) is 0. The summed E-state index contributed by atoms with van der Waals surface area (Å²) < 4.78 is 0. The van der Waals surface area contributed by atoms with Crippen LogP contribution in [0.2, 0.25) is 0 Å². The normalized spacial score (nSPS) is 20.1. The Kier molecular flexibility index (Phi) is 5.76. The average Bonchev–Trinajstić information content (AvgIpc) is 2.76. The van der Waals surface area contributed by atoms with Gasteiger partial charge >= 0.3 is 18.0 Å². The first kappa shape index (κ1) is 14.6. The van der Waals surface area contributed by atoms with Crippen LogP contribution in [0.1, 0.15) is 19.3 Å². The molecule has 1 aliphatic heterocycles. The average molecular weight is 276 g/mol. The van der Waals surface area contributed by atoms with Gasteiger partial charge in [-0.05, 0) is 18.6 Å². The highest BCUT2D eigenvalue weighted by Gasteiger charge is 2.23. The van der Waals surface area contributed by atoms with Gasteiger partial charge in [0.25, 0.3) is 0 Å². The maximum atomic E-state index is 11.5. The van der Waals surface area contributed by atoms with E-state index in [2.05, 4.69) is 10.6 Å². The second-order valence-corrected chi connectivity index (χ2v) is 5.15. The van der Waals surface area contributed by atoms with Crippen LogP contribution < -0.4 is 10.6 Å². The van der Waals surface area contributed by atoms with Crippen LogP contribution in [0.3, 0.4) is 0 Å². The second-order valence-electron chi connectivity index (χ2n) is 4.00. The summed E-state index contributed by atoms with van der Waals surface area (Å²) >= 11 is 1.73. The molecular weight excluding hydrogens is 260 g/mol. The molecule has 7 nitrogen and oxygen atoms in total. The molecule has 2 amide bonds. The number of carboxylic acids is 2. The highest BCUT2D eigenvalue weighted by Crippen LogP contribution is 2.16. The summed E-state index contributed by atoms with van der Waals surface area (Å²) in [5.41, 5.74) is 0. The second kappa shape index (κ2) is 7.10. The van der Waals surface area contributed by atoms with Crippen molar-refractivity contribution in [2.75, 3.05) is 11.5 Å². The molecule has 0 spiro atoms. The molecule has 0 aliphatic carbocycles. The molecule has 0 bridgehead atoms. The van der Waals surface area contributed by atoms with Gasteiger partial charge in [-0.25, -0.2) is 9.59 Å². The van der Waals surface area contributed by atoms with Gasteiger partial charge in [0.05, 0.1) is 0 Å². The smallest absolute Gasteiger partial charge is 0.326 e. The van der Waals surface area contributed by atoms with Crippen molar-refractivity contribution in [3.05, 3.63) is 0 Å². The van der Waals surface area contributed by atoms with E-state index in [0.29, 0.717) is 0 Å². The van der Waals surface area contributed by atoms with Crippen LogP contribution >= 0.6 is 11.8 Å². The van der Waals surface area contributed by atoms with E-state index in [0.717, 1.165) is 17.9 Å². The van der Waals surface area contributed by atoms with E-state index in [4.69, 9.17) is 10.2 Å². The summed E-state index contributed by atoms with van der Waals surface area (Å²) in [7, 11) is 0. The Labute approximate surface area is 108 Å². The van der Waals surface area contributed by atoms with Crippen molar-refractivity contribution in [3.63, 3.8) is 0 Å². The van der Waals surface area contributed by atoms with Gasteiger partial charge in [-0.2, -0.15) is 11.8 Å². The summed E-state index contributed by atoms with van der Waals surface area (Å²) in [6.07, 6.45) is 0.443. The van der Waals surface area contributed by atoms with Crippen molar-refractivity contribution in [3.8, 4) is 0 Å². The molecule has 0 aromatic carbocycles. The van der Waals surface area contributed by atoms with Crippen LogP contribution in [-0.2, 0) is 9.59 Å². The highest BCUT2D eigenvalue weighted by molar-refractivity contribution is 7.99. The number of hydrogen-bond donors (Lipinski definition) is 4. The van der Waals surface area contributed by atoms with E-state index < -0.39 is 24.0 Å². The number of hydrogen-bond acceptors (Lipinski definition) is 4. The van der Waals surface area contributed by atoms with E-state index in [-0.39, 0.29) is 18.9 Å². The van der Waals surface area contributed by atoms with Crippen LogP contribution in [0.5, 0.6) is 0 Å². The maximum absolute atomic E-state index is 11.5.